The summed E-state index contributed by atoms with van der Waals surface area (Å²) in [5, 5.41) is 8.22. The Balaban J connectivity index is 1.60. The first kappa shape index (κ1) is 16.9. The lowest BCUT2D eigenvalue weighted by atomic mass is 10.2. The van der Waals surface area contributed by atoms with Gasteiger partial charge in [-0.05, 0) is 25.5 Å². The summed E-state index contributed by atoms with van der Waals surface area (Å²) in [5.74, 6) is 1.01. The number of para-hydroxylation sites is 1. The van der Waals surface area contributed by atoms with E-state index in [2.05, 4.69) is 17.3 Å². The van der Waals surface area contributed by atoms with Crippen LogP contribution in [0.3, 0.4) is 0 Å². The average Bonchev–Trinajstić information content (AvgIpc) is 2.82. The Kier molecular flexibility index (Phi) is 5.45. The highest BCUT2D eigenvalue weighted by atomic mass is 32.2. The Morgan fingerprint density at radius 1 is 1.33 bits per heavy atom. The molecule has 6 heteroatoms. The van der Waals surface area contributed by atoms with Crippen molar-refractivity contribution in [3.8, 4) is 5.69 Å². The van der Waals surface area contributed by atoms with E-state index >= 15 is 0 Å². The van der Waals surface area contributed by atoms with Crippen molar-refractivity contribution in [1.29, 1.82) is 0 Å². The summed E-state index contributed by atoms with van der Waals surface area (Å²) in [7, 11) is 0. The van der Waals surface area contributed by atoms with Crippen LogP contribution in [-0.2, 0) is 6.54 Å². The first-order chi connectivity index (χ1) is 11.6. The van der Waals surface area contributed by atoms with Crippen LogP contribution in [0.2, 0.25) is 0 Å². The summed E-state index contributed by atoms with van der Waals surface area (Å²) in [6.45, 7) is 6.38. The smallest absolute Gasteiger partial charge is 0.317 e. The van der Waals surface area contributed by atoms with Crippen LogP contribution in [0.4, 0.5) is 4.79 Å². The van der Waals surface area contributed by atoms with Crippen LogP contribution in [0, 0.1) is 6.92 Å². The quantitative estimate of drug-likeness (QED) is 0.930. The van der Waals surface area contributed by atoms with Gasteiger partial charge in [-0.25, -0.2) is 9.48 Å². The van der Waals surface area contributed by atoms with Crippen LogP contribution < -0.4 is 5.32 Å². The lowest BCUT2D eigenvalue weighted by molar-refractivity contribution is 0.201. The van der Waals surface area contributed by atoms with Gasteiger partial charge in [0.1, 0.15) is 0 Å². The van der Waals surface area contributed by atoms with Crippen LogP contribution in [0.15, 0.2) is 36.5 Å². The van der Waals surface area contributed by atoms with E-state index in [0.717, 1.165) is 42.2 Å². The second kappa shape index (κ2) is 7.75. The number of carbonyl (C=O) groups is 1. The van der Waals surface area contributed by atoms with Crippen LogP contribution in [0.5, 0.6) is 0 Å². The molecule has 5 nitrogen and oxygen atoms in total. The molecule has 24 heavy (non-hydrogen) atoms. The van der Waals surface area contributed by atoms with Crippen molar-refractivity contribution in [2.24, 2.45) is 0 Å². The number of urea groups is 1. The molecule has 0 saturated carbocycles. The predicted molar refractivity (Wildman–Crippen MR) is 98.6 cm³/mol. The number of hydrogen-bond donors (Lipinski definition) is 1. The Hall–Kier alpha value is -1.95. The molecule has 1 atom stereocenters. The molecule has 2 aromatic rings. The minimum atomic E-state index is 0.0246. The molecule has 1 saturated heterocycles. The summed E-state index contributed by atoms with van der Waals surface area (Å²) < 4.78 is 1.86. The number of rotatable bonds is 3. The Morgan fingerprint density at radius 2 is 2.12 bits per heavy atom. The van der Waals surface area contributed by atoms with Crippen LogP contribution in [0.25, 0.3) is 5.69 Å². The highest BCUT2D eigenvalue weighted by Crippen LogP contribution is 2.18. The number of nitrogens with zero attached hydrogens (tertiary/aromatic N) is 3. The highest BCUT2D eigenvalue weighted by Gasteiger charge is 2.18. The second-order valence-corrected chi connectivity index (χ2v) is 7.68. The number of hydrogen-bond acceptors (Lipinski definition) is 3. The van der Waals surface area contributed by atoms with E-state index in [9.17, 15) is 4.79 Å². The topological polar surface area (TPSA) is 50.2 Å². The molecule has 1 unspecified atom stereocenters. The van der Waals surface area contributed by atoms with Crippen molar-refractivity contribution in [2.45, 2.75) is 32.1 Å². The molecule has 2 amide bonds. The number of aryl methyl sites for hydroxylation is 1. The highest BCUT2D eigenvalue weighted by molar-refractivity contribution is 7.99. The van der Waals surface area contributed by atoms with E-state index in [1.807, 2.05) is 64.8 Å². The minimum Gasteiger partial charge on any atom is -0.334 e. The summed E-state index contributed by atoms with van der Waals surface area (Å²) in [6, 6.07) is 10.0. The predicted octanol–water partition coefficient (Wildman–Crippen LogP) is 3.22. The molecule has 1 aliphatic heterocycles. The standard InChI is InChI=1S/C18H24N4OS/c1-14-8-9-21(10-11-24-14)18(23)19-12-16-13-22(20-15(16)2)17-6-4-3-5-7-17/h3-7,13-14H,8-12H2,1-2H3,(H,19,23). The third-order valence-corrected chi connectivity index (χ3v) is 5.53. The molecule has 128 valence electrons. The molecule has 3 rings (SSSR count). The SMILES string of the molecule is Cc1nn(-c2ccccc2)cc1CNC(=O)N1CCSC(C)CC1. The Labute approximate surface area is 147 Å². The summed E-state index contributed by atoms with van der Waals surface area (Å²) >= 11 is 1.94. The number of thioether (sulfide) groups is 1. The number of carbonyl (C=O) groups excluding carboxylic acids is 1. The van der Waals surface area contributed by atoms with Gasteiger partial charge < -0.3 is 10.2 Å². The molecule has 0 spiro atoms. The van der Waals surface area contributed by atoms with Gasteiger partial charge in [0.15, 0.2) is 0 Å². The van der Waals surface area contributed by atoms with Gasteiger partial charge in [-0.3, -0.25) is 0 Å². The van der Waals surface area contributed by atoms with Crippen molar-refractivity contribution < 1.29 is 4.79 Å². The molecular weight excluding hydrogens is 320 g/mol. The van der Waals surface area contributed by atoms with Crippen molar-refractivity contribution in [3.63, 3.8) is 0 Å². The van der Waals surface area contributed by atoms with Gasteiger partial charge in [0.25, 0.3) is 0 Å². The van der Waals surface area contributed by atoms with Crippen molar-refractivity contribution >= 4 is 17.8 Å². The third-order valence-electron chi connectivity index (χ3n) is 4.31. The summed E-state index contributed by atoms with van der Waals surface area (Å²) in [6.07, 6.45) is 3.05. The number of benzene rings is 1. The third kappa shape index (κ3) is 4.12. The fourth-order valence-corrected chi connectivity index (χ4v) is 3.77. The largest absolute Gasteiger partial charge is 0.334 e. The van der Waals surface area contributed by atoms with Gasteiger partial charge in [0.05, 0.1) is 11.4 Å². The van der Waals surface area contributed by atoms with E-state index in [-0.39, 0.29) is 6.03 Å². The normalized spacial score (nSPS) is 18.2. The Morgan fingerprint density at radius 3 is 2.92 bits per heavy atom. The van der Waals surface area contributed by atoms with Crippen molar-refractivity contribution in [2.75, 3.05) is 18.8 Å². The molecular formula is C18H24N4OS. The van der Waals surface area contributed by atoms with Crippen molar-refractivity contribution in [3.05, 3.63) is 47.8 Å². The maximum absolute atomic E-state index is 12.4. The maximum atomic E-state index is 12.4. The van der Waals surface area contributed by atoms with E-state index in [4.69, 9.17) is 0 Å². The van der Waals surface area contributed by atoms with Crippen molar-refractivity contribution in [1.82, 2.24) is 20.0 Å². The minimum absolute atomic E-state index is 0.0246. The van der Waals surface area contributed by atoms with Crippen LogP contribution >= 0.6 is 11.8 Å². The molecule has 1 N–H and O–H groups in total. The lowest BCUT2D eigenvalue weighted by Gasteiger charge is -2.20. The lowest BCUT2D eigenvalue weighted by Crippen LogP contribution is -2.40. The van der Waals surface area contributed by atoms with E-state index < -0.39 is 0 Å². The average molecular weight is 344 g/mol. The zero-order valence-electron chi connectivity index (χ0n) is 14.2. The molecule has 1 aromatic carbocycles. The zero-order valence-corrected chi connectivity index (χ0v) is 15.1. The molecule has 0 radical (unpaired) electrons. The second-order valence-electron chi connectivity index (χ2n) is 6.14. The molecule has 1 aliphatic rings. The van der Waals surface area contributed by atoms with Gasteiger partial charge >= 0.3 is 6.03 Å². The van der Waals surface area contributed by atoms with Gasteiger partial charge in [-0.1, -0.05) is 25.1 Å². The summed E-state index contributed by atoms with van der Waals surface area (Å²) in [5.41, 5.74) is 3.01. The number of nitrogens with one attached hydrogen (secondary N) is 1. The van der Waals surface area contributed by atoms with Gasteiger partial charge in [0, 0.05) is 42.4 Å². The molecule has 0 bridgehead atoms. The van der Waals surface area contributed by atoms with Crippen LogP contribution in [-0.4, -0.2) is 44.8 Å². The van der Waals surface area contributed by atoms with Gasteiger partial charge in [-0.2, -0.15) is 16.9 Å². The molecule has 1 aromatic heterocycles. The first-order valence-electron chi connectivity index (χ1n) is 8.38. The van der Waals surface area contributed by atoms with Gasteiger partial charge in [-0.15, -0.1) is 0 Å². The fraction of sp³-hybridized carbons (Fsp3) is 0.444. The monoisotopic (exact) mass is 344 g/mol. The molecule has 2 heterocycles. The number of aromatic nitrogens is 2. The van der Waals surface area contributed by atoms with Crippen LogP contribution in [0.1, 0.15) is 24.6 Å². The molecule has 0 aliphatic carbocycles. The fourth-order valence-electron chi connectivity index (χ4n) is 2.76. The zero-order chi connectivity index (χ0) is 16.9. The Bertz CT molecular complexity index is 686. The number of amides is 2. The van der Waals surface area contributed by atoms with E-state index in [0.29, 0.717) is 11.8 Å². The van der Waals surface area contributed by atoms with Gasteiger partial charge in [0.2, 0.25) is 0 Å². The summed E-state index contributed by atoms with van der Waals surface area (Å²) in [4.78, 5) is 14.3. The first-order valence-corrected chi connectivity index (χ1v) is 9.43. The van der Waals surface area contributed by atoms with E-state index in [1.54, 1.807) is 0 Å². The van der Waals surface area contributed by atoms with E-state index in [1.165, 1.54) is 0 Å². The molecule has 1 fully saturated rings. The maximum Gasteiger partial charge on any atom is 0.317 e.